The van der Waals surface area contributed by atoms with E-state index in [2.05, 4.69) is 41.0 Å². The first-order chi connectivity index (χ1) is 11.5. The van der Waals surface area contributed by atoms with Crippen molar-refractivity contribution in [2.24, 2.45) is 15.9 Å². The fourth-order valence-electron chi connectivity index (χ4n) is 1.54. The highest BCUT2D eigenvalue weighted by Gasteiger charge is 2.17. The van der Waals surface area contributed by atoms with Crippen LogP contribution in [-0.2, 0) is 0 Å². The van der Waals surface area contributed by atoms with Gasteiger partial charge in [-0.25, -0.2) is 14.0 Å². The van der Waals surface area contributed by atoms with Gasteiger partial charge in [-0.05, 0) is 44.4 Å². The number of nitrogens with two attached hydrogens (primary N) is 1. The van der Waals surface area contributed by atoms with Gasteiger partial charge in [0, 0.05) is 12.2 Å². The monoisotopic (exact) mass is 418 g/mol. The SMILES string of the molecule is N/C(CCSc1nonc1C(=Nc1ccc(F)c(Br)c1)NO)=N\O. The van der Waals surface area contributed by atoms with Crippen molar-refractivity contribution in [3.8, 4) is 0 Å². The maximum absolute atomic E-state index is 13.3. The minimum absolute atomic E-state index is 0.0268. The molecule has 0 fully saturated rings. The number of amidine groups is 2. The van der Waals surface area contributed by atoms with Crippen LogP contribution in [0.15, 0.2) is 42.5 Å². The molecule has 0 amide bonds. The van der Waals surface area contributed by atoms with Crippen LogP contribution in [0.2, 0.25) is 0 Å². The lowest BCUT2D eigenvalue weighted by atomic mass is 10.3. The predicted octanol–water partition coefficient (Wildman–Crippen LogP) is 2.26. The second-order valence-corrected chi connectivity index (χ2v) is 6.22. The fourth-order valence-corrected chi connectivity index (χ4v) is 2.76. The molecule has 1 heterocycles. The van der Waals surface area contributed by atoms with Gasteiger partial charge in [0.15, 0.2) is 16.6 Å². The van der Waals surface area contributed by atoms with Crippen LogP contribution < -0.4 is 11.2 Å². The van der Waals surface area contributed by atoms with E-state index >= 15 is 0 Å². The summed E-state index contributed by atoms with van der Waals surface area (Å²) in [5, 5.41) is 28.4. The summed E-state index contributed by atoms with van der Waals surface area (Å²) in [4.78, 5) is 4.14. The first-order valence-electron chi connectivity index (χ1n) is 6.41. The fraction of sp³-hybridized carbons (Fsp3) is 0.167. The maximum Gasteiger partial charge on any atom is 0.186 e. The van der Waals surface area contributed by atoms with Crippen LogP contribution in [0.4, 0.5) is 10.1 Å². The summed E-state index contributed by atoms with van der Waals surface area (Å²) in [7, 11) is 0. The molecule has 0 radical (unpaired) electrons. The van der Waals surface area contributed by atoms with Crippen LogP contribution in [-0.4, -0.2) is 38.2 Å². The quantitative estimate of drug-likeness (QED) is 0.184. The van der Waals surface area contributed by atoms with E-state index in [0.717, 1.165) is 0 Å². The van der Waals surface area contributed by atoms with E-state index in [4.69, 9.17) is 10.9 Å². The van der Waals surface area contributed by atoms with Crippen LogP contribution in [0, 0.1) is 5.82 Å². The molecule has 0 saturated heterocycles. The van der Waals surface area contributed by atoms with Crippen molar-refractivity contribution >= 4 is 45.1 Å². The number of oxime groups is 1. The lowest BCUT2D eigenvalue weighted by Gasteiger charge is -2.03. The zero-order valence-corrected chi connectivity index (χ0v) is 14.4. The number of hydroxylamine groups is 1. The van der Waals surface area contributed by atoms with Gasteiger partial charge in [-0.15, -0.1) is 0 Å². The summed E-state index contributed by atoms with van der Waals surface area (Å²) in [5.41, 5.74) is 7.84. The lowest BCUT2D eigenvalue weighted by Crippen LogP contribution is -2.21. The smallest absolute Gasteiger partial charge is 0.186 e. The second-order valence-electron chi connectivity index (χ2n) is 4.28. The van der Waals surface area contributed by atoms with Gasteiger partial charge in [-0.2, -0.15) is 0 Å². The number of nitrogens with zero attached hydrogens (tertiary/aromatic N) is 4. The molecule has 2 aromatic rings. The molecule has 24 heavy (non-hydrogen) atoms. The van der Waals surface area contributed by atoms with Gasteiger partial charge in [0.1, 0.15) is 11.7 Å². The summed E-state index contributed by atoms with van der Waals surface area (Å²) in [6, 6.07) is 4.09. The van der Waals surface area contributed by atoms with Crippen LogP contribution >= 0.6 is 27.7 Å². The molecular formula is C12H12BrFN6O3S. The Labute approximate surface area is 147 Å². The molecule has 1 aromatic heterocycles. The number of nitrogens with one attached hydrogen (secondary N) is 1. The Bertz CT molecular complexity index is 769. The predicted molar refractivity (Wildman–Crippen MR) is 88.3 cm³/mol. The Kier molecular flexibility index (Phi) is 6.52. The Morgan fingerprint density at radius 1 is 1.46 bits per heavy atom. The summed E-state index contributed by atoms with van der Waals surface area (Å²) >= 11 is 4.27. The maximum atomic E-state index is 13.3. The zero-order valence-electron chi connectivity index (χ0n) is 12.0. The average Bonchev–Trinajstić information content (AvgIpc) is 3.04. The van der Waals surface area contributed by atoms with E-state index in [0.29, 0.717) is 22.9 Å². The number of hydrogen-bond donors (Lipinski definition) is 4. The number of hydrogen-bond acceptors (Lipinski definition) is 8. The summed E-state index contributed by atoms with van der Waals surface area (Å²) in [5.74, 6) is 0.0552. The zero-order chi connectivity index (χ0) is 17.5. The molecular weight excluding hydrogens is 407 g/mol. The lowest BCUT2D eigenvalue weighted by molar-refractivity contribution is 0.234. The molecule has 0 spiro atoms. The van der Waals surface area contributed by atoms with Crippen LogP contribution in [0.3, 0.4) is 0 Å². The number of aliphatic imine (C=N–C) groups is 1. The van der Waals surface area contributed by atoms with E-state index < -0.39 is 5.82 Å². The normalized spacial score (nSPS) is 12.5. The first kappa shape index (κ1) is 18.2. The summed E-state index contributed by atoms with van der Waals surface area (Å²) in [6.45, 7) is 0. The highest BCUT2D eigenvalue weighted by Crippen LogP contribution is 2.24. The molecule has 0 aliphatic carbocycles. The van der Waals surface area contributed by atoms with Crippen LogP contribution in [0.1, 0.15) is 12.1 Å². The van der Waals surface area contributed by atoms with Crippen molar-refractivity contribution in [2.75, 3.05) is 5.75 Å². The van der Waals surface area contributed by atoms with E-state index in [9.17, 15) is 9.60 Å². The number of aromatic nitrogens is 2. The van der Waals surface area contributed by atoms with Crippen molar-refractivity contribution in [1.29, 1.82) is 0 Å². The Hall–Kier alpha value is -2.18. The minimum atomic E-state index is -0.435. The van der Waals surface area contributed by atoms with Crippen molar-refractivity contribution in [3.63, 3.8) is 0 Å². The van der Waals surface area contributed by atoms with E-state index in [1.807, 2.05) is 5.48 Å². The number of benzene rings is 1. The standard InChI is InChI=1S/C12H12BrFN6O3S/c13-7-5-6(1-2-8(7)14)16-11(18-22)10-12(20-23-19-10)24-4-3-9(15)17-21/h1-2,5,21-22H,3-4H2,(H2,15,17)(H,16,18). The Morgan fingerprint density at radius 3 is 2.92 bits per heavy atom. The average molecular weight is 419 g/mol. The van der Waals surface area contributed by atoms with Crippen molar-refractivity contribution in [1.82, 2.24) is 15.8 Å². The number of rotatable bonds is 6. The summed E-state index contributed by atoms with van der Waals surface area (Å²) < 4.78 is 18.1. The summed E-state index contributed by atoms with van der Waals surface area (Å²) in [6.07, 6.45) is 0.317. The molecule has 12 heteroatoms. The van der Waals surface area contributed by atoms with Gasteiger partial charge in [0.2, 0.25) is 0 Å². The van der Waals surface area contributed by atoms with Crippen molar-refractivity contribution in [2.45, 2.75) is 11.4 Å². The van der Waals surface area contributed by atoms with Gasteiger partial charge in [0.25, 0.3) is 0 Å². The molecule has 0 unspecified atom stereocenters. The number of thioether (sulfide) groups is 1. The minimum Gasteiger partial charge on any atom is -0.409 e. The first-order valence-corrected chi connectivity index (χ1v) is 8.19. The second kappa shape index (κ2) is 8.61. The van der Waals surface area contributed by atoms with Gasteiger partial charge in [-0.3, -0.25) is 10.7 Å². The molecule has 0 saturated carbocycles. The third-order valence-corrected chi connectivity index (χ3v) is 4.22. The van der Waals surface area contributed by atoms with Gasteiger partial charge in [0.05, 0.1) is 10.2 Å². The molecule has 0 aliphatic rings. The highest BCUT2D eigenvalue weighted by atomic mass is 79.9. The Balaban J connectivity index is 2.20. The molecule has 1 aromatic carbocycles. The highest BCUT2D eigenvalue weighted by molar-refractivity contribution is 9.10. The third-order valence-electron chi connectivity index (χ3n) is 2.66. The van der Waals surface area contributed by atoms with E-state index in [1.165, 1.54) is 30.0 Å². The van der Waals surface area contributed by atoms with E-state index in [1.54, 1.807) is 0 Å². The largest absolute Gasteiger partial charge is 0.409 e. The van der Waals surface area contributed by atoms with Crippen LogP contribution in [0.25, 0.3) is 0 Å². The Morgan fingerprint density at radius 2 is 2.25 bits per heavy atom. The number of halogens is 2. The van der Waals surface area contributed by atoms with E-state index in [-0.39, 0.29) is 21.8 Å². The topological polar surface area (TPSA) is 142 Å². The molecule has 0 aliphatic heterocycles. The third kappa shape index (κ3) is 4.66. The van der Waals surface area contributed by atoms with Crippen molar-refractivity contribution < 1.29 is 19.4 Å². The molecule has 9 nitrogen and oxygen atoms in total. The van der Waals surface area contributed by atoms with Gasteiger partial charge in [-0.1, -0.05) is 16.9 Å². The molecule has 2 rings (SSSR count). The molecule has 5 N–H and O–H groups in total. The molecule has 0 atom stereocenters. The van der Waals surface area contributed by atoms with Crippen LogP contribution in [0.5, 0.6) is 0 Å². The molecule has 128 valence electrons. The van der Waals surface area contributed by atoms with Crippen molar-refractivity contribution in [3.05, 3.63) is 34.2 Å². The molecule has 0 bridgehead atoms. The van der Waals surface area contributed by atoms with Gasteiger partial charge < -0.3 is 10.9 Å². The van der Waals surface area contributed by atoms with Gasteiger partial charge >= 0.3 is 0 Å².